The van der Waals surface area contributed by atoms with Gasteiger partial charge in [0.15, 0.2) is 0 Å². The summed E-state index contributed by atoms with van der Waals surface area (Å²) >= 11 is 0. The van der Waals surface area contributed by atoms with Gasteiger partial charge in [-0.1, -0.05) is 18.2 Å². The van der Waals surface area contributed by atoms with Gasteiger partial charge in [-0.05, 0) is 67.6 Å². The molecule has 3 aromatic rings. The van der Waals surface area contributed by atoms with E-state index in [1.807, 2.05) is 0 Å². The molecule has 1 aromatic heterocycles. The Morgan fingerprint density at radius 2 is 1.83 bits per heavy atom. The molecule has 0 N–H and O–H groups in total. The number of halogens is 3. The zero-order chi connectivity index (χ0) is 20.7. The quantitative estimate of drug-likeness (QED) is 0.300. The second-order valence-corrected chi connectivity index (χ2v) is 6.71. The lowest BCUT2D eigenvalue weighted by Crippen LogP contribution is -2.05. The van der Waals surface area contributed by atoms with Crippen molar-refractivity contribution in [2.24, 2.45) is 0 Å². The zero-order valence-corrected chi connectivity index (χ0v) is 15.7. The lowest BCUT2D eigenvalue weighted by molar-refractivity contribution is -0.137. The number of aldehydes is 1. The van der Waals surface area contributed by atoms with E-state index in [-0.39, 0.29) is 0 Å². The normalized spacial score (nSPS) is 11.4. The largest absolute Gasteiger partial charge is 0.493 e. The van der Waals surface area contributed by atoms with Gasteiger partial charge in [0.2, 0.25) is 0 Å². The molecule has 0 aliphatic rings. The van der Waals surface area contributed by atoms with Crippen molar-refractivity contribution in [1.82, 2.24) is 0 Å². The predicted molar refractivity (Wildman–Crippen MR) is 104 cm³/mol. The number of furan rings is 1. The van der Waals surface area contributed by atoms with Crippen molar-refractivity contribution < 1.29 is 27.1 Å². The van der Waals surface area contributed by atoms with E-state index in [1.165, 1.54) is 12.1 Å². The summed E-state index contributed by atoms with van der Waals surface area (Å²) in [6, 6.07) is 14.2. The van der Waals surface area contributed by atoms with Gasteiger partial charge < -0.3 is 9.15 Å². The maximum absolute atomic E-state index is 12.8. The molecule has 0 aliphatic heterocycles. The van der Waals surface area contributed by atoms with Crippen LogP contribution in [0, 0.1) is 0 Å². The van der Waals surface area contributed by atoms with Crippen molar-refractivity contribution in [2.75, 3.05) is 6.61 Å². The summed E-state index contributed by atoms with van der Waals surface area (Å²) in [4.78, 5) is 11.0. The molecule has 0 amide bonds. The van der Waals surface area contributed by atoms with Gasteiger partial charge in [0, 0.05) is 5.56 Å². The second kappa shape index (κ2) is 9.45. The average Bonchev–Trinajstić information content (AvgIpc) is 3.25. The highest BCUT2D eigenvalue weighted by atomic mass is 19.4. The molecular weight excluding hydrogens is 381 g/mol. The summed E-state index contributed by atoms with van der Waals surface area (Å²) in [5, 5.41) is 0. The third kappa shape index (κ3) is 5.73. The number of alkyl halides is 3. The summed E-state index contributed by atoms with van der Waals surface area (Å²) in [6.45, 7) is 0.469. The maximum atomic E-state index is 12.8. The van der Waals surface area contributed by atoms with Crippen LogP contribution in [0.2, 0.25) is 0 Å². The van der Waals surface area contributed by atoms with Gasteiger partial charge in [0.25, 0.3) is 0 Å². The summed E-state index contributed by atoms with van der Waals surface area (Å²) in [5.74, 6) is 1.25. The van der Waals surface area contributed by atoms with Crippen LogP contribution in [0.1, 0.15) is 40.7 Å². The Labute approximate surface area is 167 Å². The first-order chi connectivity index (χ1) is 14.0. The molecule has 2 aromatic carbocycles. The Bertz CT molecular complexity index is 931. The molecule has 0 aliphatic carbocycles. The summed E-state index contributed by atoms with van der Waals surface area (Å²) in [7, 11) is 0. The molecular formula is C23H21F3O3. The van der Waals surface area contributed by atoms with E-state index in [4.69, 9.17) is 9.15 Å². The molecule has 29 heavy (non-hydrogen) atoms. The number of aryl methyl sites for hydroxylation is 1. The van der Waals surface area contributed by atoms with Crippen LogP contribution in [0.4, 0.5) is 13.2 Å². The molecule has 3 rings (SSSR count). The van der Waals surface area contributed by atoms with Crippen molar-refractivity contribution in [1.29, 1.82) is 0 Å². The molecule has 0 spiro atoms. The topological polar surface area (TPSA) is 39.4 Å². The number of rotatable bonds is 9. The molecule has 0 atom stereocenters. The van der Waals surface area contributed by atoms with Gasteiger partial charge in [0.1, 0.15) is 17.8 Å². The van der Waals surface area contributed by atoms with Gasteiger partial charge in [-0.2, -0.15) is 13.2 Å². The average molecular weight is 402 g/mol. The highest BCUT2D eigenvalue weighted by Gasteiger charge is 2.30. The van der Waals surface area contributed by atoms with Crippen molar-refractivity contribution in [2.45, 2.75) is 31.9 Å². The van der Waals surface area contributed by atoms with Crippen LogP contribution in [0.15, 0.2) is 65.3 Å². The van der Waals surface area contributed by atoms with E-state index in [2.05, 4.69) is 0 Å². The Morgan fingerprint density at radius 3 is 2.55 bits per heavy atom. The smallest absolute Gasteiger partial charge is 0.416 e. The highest BCUT2D eigenvalue weighted by molar-refractivity contribution is 5.80. The van der Waals surface area contributed by atoms with Gasteiger partial charge in [-0.25, -0.2) is 0 Å². The number of unbranched alkanes of at least 4 members (excludes halogenated alkanes) is 2. The van der Waals surface area contributed by atoms with Gasteiger partial charge >= 0.3 is 6.18 Å². The summed E-state index contributed by atoms with van der Waals surface area (Å²) in [6.07, 6.45) is 0.986. The van der Waals surface area contributed by atoms with Crippen LogP contribution in [-0.2, 0) is 12.6 Å². The first kappa shape index (κ1) is 20.7. The van der Waals surface area contributed by atoms with Crippen LogP contribution in [0.3, 0.4) is 0 Å². The Hall–Kier alpha value is -3.02. The first-order valence-electron chi connectivity index (χ1n) is 9.39. The van der Waals surface area contributed by atoms with Crippen molar-refractivity contribution in [3.63, 3.8) is 0 Å². The van der Waals surface area contributed by atoms with Crippen LogP contribution in [0.25, 0.3) is 11.3 Å². The van der Waals surface area contributed by atoms with Gasteiger partial charge in [-0.3, -0.25) is 4.79 Å². The molecule has 152 valence electrons. The van der Waals surface area contributed by atoms with E-state index in [0.717, 1.165) is 31.6 Å². The maximum Gasteiger partial charge on any atom is 0.416 e. The summed E-state index contributed by atoms with van der Waals surface area (Å²) in [5.41, 5.74) is 1.32. The number of ether oxygens (including phenoxy) is 1. The molecule has 0 radical (unpaired) electrons. The van der Waals surface area contributed by atoms with Crippen LogP contribution in [-0.4, -0.2) is 12.9 Å². The third-order valence-electron chi connectivity index (χ3n) is 4.55. The molecule has 0 saturated carbocycles. The van der Waals surface area contributed by atoms with E-state index in [9.17, 15) is 18.0 Å². The fourth-order valence-corrected chi connectivity index (χ4v) is 3.06. The van der Waals surface area contributed by atoms with Crippen LogP contribution >= 0.6 is 0 Å². The van der Waals surface area contributed by atoms with E-state index in [1.54, 1.807) is 42.7 Å². The third-order valence-corrected chi connectivity index (χ3v) is 4.55. The Morgan fingerprint density at radius 1 is 0.966 bits per heavy atom. The van der Waals surface area contributed by atoms with E-state index in [0.29, 0.717) is 41.2 Å². The Kier molecular flexibility index (Phi) is 6.75. The highest BCUT2D eigenvalue weighted by Crippen LogP contribution is 2.32. The van der Waals surface area contributed by atoms with Crippen LogP contribution < -0.4 is 4.74 Å². The van der Waals surface area contributed by atoms with Crippen molar-refractivity contribution in [3.05, 3.63) is 77.6 Å². The van der Waals surface area contributed by atoms with E-state index >= 15 is 0 Å². The lowest BCUT2D eigenvalue weighted by Gasteiger charge is -2.11. The Balaban J connectivity index is 1.49. The molecule has 0 fully saturated rings. The standard InChI is InChI=1S/C23H21F3O3/c24-23(25,26)19-8-4-7-17(14-19)6-2-1-3-12-28-22-11-10-18(16-27)15-20(22)21-9-5-13-29-21/h4-5,7-11,13-16H,1-3,6,12H2. The minimum absolute atomic E-state index is 0.469. The fraction of sp³-hybridized carbons (Fsp3) is 0.261. The zero-order valence-electron chi connectivity index (χ0n) is 15.7. The number of carbonyl (C=O) groups is 1. The number of carbonyl (C=O) groups excluding carboxylic acids is 1. The molecule has 3 nitrogen and oxygen atoms in total. The molecule has 1 heterocycles. The van der Waals surface area contributed by atoms with E-state index < -0.39 is 11.7 Å². The number of hydrogen-bond acceptors (Lipinski definition) is 3. The minimum atomic E-state index is -4.31. The fourth-order valence-electron chi connectivity index (χ4n) is 3.06. The van der Waals surface area contributed by atoms with Gasteiger partial charge in [-0.15, -0.1) is 0 Å². The SMILES string of the molecule is O=Cc1ccc(OCCCCCc2cccc(C(F)(F)F)c2)c(-c2ccco2)c1. The monoisotopic (exact) mass is 402 g/mol. The number of benzene rings is 2. The second-order valence-electron chi connectivity index (χ2n) is 6.71. The minimum Gasteiger partial charge on any atom is -0.493 e. The molecule has 6 heteroatoms. The van der Waals surface area contributed by atoms with Crippen LogP contribution in [0.5, 0.6) is 5.75 Å². The van der Waals surface area contributed by atoms with Crippen molar-refractivity contribution >= 4 is 6.29 Å². The molecule has 0 bridgehead atoms. The first-order valence-corrected chi connectivity index (χ1v) is 9.39. The lowest BCUT2D eigenvalue weighted by atomic mass is 10.0. The van der Waals surface area contributed by atoms with Gasteiger partial charge in [0.05, 0.1) is 24.0 Å². The molecule has 0 unspecified atom stereocenters. The number of hydrogen-bond donors (Lipinski definition) is 0. The predicted octanol–water partition coefficient (Wildman–Crippen LogP) is 6.57. The summed E-state index contributed by atoms with van der Waals surface area (Å²) < 4.78 is 49.5. The molecule has 0 saturated heterocycles. The van der Waals surface area contributed by atoms with Crippen molar-refractivity contribution in [3.8, 4) is 17.1 Å².